The van der Waals surface area contributed by atoms with Gasteiger partial charge in [-0.1, -0.05) is 6.58 Å². The maximum atomic E-state index is 8.59. The summed E-state index contributed by atoms with van der Waals surface area (Å²) in [6, 6.07) is 0. The molecule has 0 unspecified atom stereocenters. The van der Waals surface area contributed by atoms with Crippen molar-refractivity contribution in [1.82, 2.24) is 4.90 Å². The van der Waals surface area contributed by atoms with Gasteiger partial charge in [-0.15, -0.1) is 0 Å². The van der Waals surface area contributed by atoms with Crippen molar-refractivity contribution in [1.29, 1.82) is 0 Å². The lowest BCUT2D eigenvalue weighted by atomic mass is 10.5. The third-order valence-electron chi connectivity index (χ3n) is 1.02. The van der Waals surface area contributed by atoms with Crippen molar-refractivity contribution in [3.05, 3.63) is 24.6 Å². The first-order chi connectivity index (χ1) is 4.16. The fraction of sp³-hybridized carbons (Fsp3) is 0.429. The first-order valence-electron chi connectivity index (χ1n) is 2.93. The number of aliphatic hydroxyl groups is 1. The summed E-state index contributed by atoms with van der Waals surface area (Å²) >= 11 is 0. The normalized spacial score (nSPS) is 10.0. The van der Waals surface area contributed by atoms with Crippen LogP contribution in [-0.4, -0.2) is 23.6 Å². The van der Waals surface area contributed by atoms with E-state index in [-0.39, 0.29) is 5.76 Å². The zero-order valence-corrected chi connectivity index (χ0v) is 5.96. The second-order valence-electron chi connectivity index (χ2n) is 1.88. The van der Waals surface area contributed by atoms with Crippen LogP contribution in [0.4, 0.5) is 0 Å². The summed E-state index contributed by atoms with van der Waals surface area (Å²) in [6.07, 6.45) is 3.34. The monoisotopic (exact) mass is 127 g/mol. The van der Waals surface area contributed by atoms with E-state index < -0.39 is 0 Å². The Balaban J connectivity index is 3.56. The number of rotatable bonds is 3. The highest BCUT2D eigenvalue weighted by Crippen LogP contribution is 1.87. The van der Waals surface area contributed by atoms with Crippen molar-refractivity contribution < 1.29 is 5.11 Å². The molecule has 0 aromatic carbocycles. The molecule has 0 aliphatic rings. The molecule has 2 nitrogen and oxygen atoms in total. The van der Waals surface area contributed by atoms with E-state index in [9.17, 15) is 0 Å². The Morgan fingerprint density at radius 1 is 1.78 bits per heavy atom. The molecule has 0 radical (unpaired) electrons. The summed E-state index contributed by atoms with van der Waals surface area (Å²) in [6.45, 7) is 6.27. The molecule has 2 heteroatoms. The van der Waals surface area contributed by atoms with Gasteiger partial charge in [-0.05, 0) is 13.0 Å². The Morgan fingerprint density at radius 2 is 2.33 bits per heavy atom. The Bertz CT molecular complexity index is 118. The third-order valence-corrected chi connectivity index (χ3v) is 1.02. The molecule has 0 aliphatic carbocycles. The molecule has 0 aromatic heterocycles. The molecule has 0 heterocycles. The van der Waals surface area contributed by atoms with E-state index in [1.54, 1.807) is 12.3 Å². The number of aliphatic hydroxyl groups excluding tert-OH is 1. The molecule has 9 heavy (non-hydrogen) atoms. The van der Waals surface area contributed by atoms with Gasteiger partial charge in [-0.3, -0.25) is 0 Å². The van der Waals surface area contributed by atoms with Crippen LogP contribution >= 0.6 is 0 Å². The number of hydrogen-bond donors (Lipinski definition) is 1. The van der Waals surface area contributed by atoms with Gasteiger partial charge in [-0.25, -0.2) is 0 Å². The summed E-state index contributed by atoms with van der Waals surface area (Å²) in [4.78, 5) is 1.95. The van der Waals surface area contributed by atoms with Gasteiger partial charge in [0.2, 0.25) is 0 Å². The van der Waals surface area contributed by atoms with E-state index in [2.05, 4.69) is 6.58 Å². The SMILES string of the molecule is C=C(O)/C=C\N(C)CC. The van der Waals surface area contributed by atoms with Gasteiger partial charge in [-0.2, -0.15) is 0 Å². The molecule has 0 aromatic rings. The zero-order valence-electron chi connectivity index (χ0n) is 5.96. The van der Waals surface area contributed by atoms with Crippen LogP contribution in [-0.2, 0) is 0 Å². The molecular weight excluding hydrogens is 114 g/mol. The molecule has 1 N–H and O–H groups in total. The van der Waals surface area contributed by atoms with Crippen molar-refractivity contribution in [2.24, 2.45) is 0 Å². The van der Waals surface area contributed by atoms with Gasteiger partial charge < -0.3 is 10.0 Å². The van der Waals surface area contributed by atoms with Crippen molar-refractivity contribution >= 4 is 0 Å². The summed E-state index contributed by atoms with van der Waals surface area (Å²) in [7, 11) is 1.93. The highest BCUT2D eigenvalue weighted by atomic mass is 16.3. The van der Waals surface area contributed by atoms with Crippen LogP contribution in [0.2, 0.25) is 0 Å². The van der Waals surface area contributed by atoms with Gasteiger partial charge in [0.1, 0.15) is 5.76 Å². The average molecular weight is 127 g/mol. The van der Waals surface area contributed by atoms with Gasteiger partial charge in [0.15, 0.2) is 0 Å². The van der Waals surface area contributed by atoms with Crippen LogP contribution in [0.25, 0.3) is 0 Å². The van der Waals surface area contributed by atoms with Crippen LogP contribution in [0.15, 0.2) is 24.6 Å². The lowest BCUT2D eigenvalue weighted by molar-refractivity contribution is 0.427. The first kappa shape index (κ1) is 8.08. The number of nitrogens with zero attached hydrogens (tertiary/aromatic N) is 1. The number of hydrogen-bond acceptors (Lipinski definition) is 2. The second-order valence-corrected chi connectivity index (χ2v) is 1.88. The van der Waals surface area contributed by atoms with Crippen LogP contribution in [0.3, 0.4) is 0 Å². The van der Waals surface area contributed by atoms with E-state index in [1.807, 2.05) is 18.9 Å². The van der Waals surface area contributed by atoms with Gasteiger partial charge >= 0.3 is 0 Å². The molecule has 0 spiro atoms. The lowest BCUT2D eigenvalue weighted by Crippen LogP contribution is -2.08. The summed E-state index contributed by atoms with van der Waals surface area (Å²) in [5.74, 6) is 0.0929. The first-order valence-corrected chi connectivity index (χ1v) is 2.93. The third kappa shape index (κ3) is 4.94. The van der Waals surface area contributed by atoms with Crippen molar-refractivity contribution in [3.8, 4) is 0 Å². The van der Waals surface area contributed by atoms with Crippen molar-refractivity contribution in [2.45, 2.75) is 6.92 Å². The number of allylic oxidation sites excluding steroid dienone is 1. The van der Waals surface area contributed by atoms with E-state index in [4.69, 9.17) is 5.11 Å². The van der Waals surface area contributed by atoms with Crippen LogP contribution in [0.5, 0.6) is 0 Å². The van der Waals surface area contributed by atoms with Crippen molar-refractivity contribution in [3.63, 3.8) is 0 Å². The summed E-state index contributed by atoms with van der Waals surface area (Å²) < 4.78 is 0. The molecule has 0 bridgehead atoms. The Labute approximate surface area is 56.1 Å². The quantitative estimate of drug-likeness (QED) is 0.459. The van der Waals surface area contributed by atoms with E-state index in [0.29, 0.717) is 0 Å². The fourth-order valence-corrected chi connectivity index (χ4v) is 0.319. The molecule has 0 aliphatic heterocycles. The topological polar surface area (TPSA) is 23.5 Å². The zero-order chi connectivity index (χ0) is 7.28. The molecule has 0 rings (SSSR count). The molecule has 52 valence electrons. The predicted octanol–water partition coefficient (Wildman–Crippen LogP) is 1.52. The van der Waals surface area contributed by atoms with Crippen LogP contribution in [0, 0.1) is 0 Å². The maximum absolute atomic E-state index is 8.59. The predicted molar refractivity (Wildman–Crippen MR) is 39.2 cm³/mol. The molecule has 0 fully saturated rings. The van der Waals surface area contributed by atoms with E-state index in [1.165, 1.54) is 0 Å². The van der Waals surface area contributed by atoms with Gasteiger partial charge in [0.25, 0.3) is 0 Å². The van der Waals surface area contributed by atoms with Gasteiger partial charge in [0.05, 0.1) is 0 Å². The standard InChI is InChI=1S/C7H13NO/c1-4-8(3)6-5-7(2)9/h5-6,9H,2,4H2,1,3H3/b6-5-. The maximum Gasteiger partial charge on any atom is 0.109 e. The largest absolute Gasteiger partial charge is 0.509 e. The van der Waals surface area contributed by atoms with E-state index >= 15 is 0 Å². The van der Waals surface area contributed by atoms with Gasteiger partial charge in [0, 0.05) is 19.8 Å². The van der Waals surface area contributed by atoms with E-state index in [0.717, 1.165) is 6.54 Å². The minimum atomic E-state index is 0.0929. The highest BCUT2D eigenvalue weighted by Gasteiger charge is 1.81. The fourth-order valence-electron chi connectivity index (χ4n) is 0.319. The Morgan fingerprint density at radius 3 is 2.67 bits per heavy atom. The Kier molecular flexibility index (Phi) is 3.60. The van der Waals surface area contributed by atoms with Crippen molar-refractivity contribution in [2.75, 3.05) is 13.6 Å². The molecule has 0 atom stereocenters. The lowest BCUT2D eigenvalue weighted by Gasteiger charge is -2.08. The minimum Gasteiger partial charge on any atom is -0.509 e. The second kappa shape index (κ2) is 4.01. The highest BCUT2D eigenvalue weighted by molar-refractivity contribution is 5.03. The van der Waals surface area contributed by atoms with Crippen LogP contribution < -0.4 is 0 Å². The Hall–Kier alpha value is -0.920. The van der Waals surface area contributed by atoms with Crippen LogP contribution in [0.1, 0.15) is 6.92 Å². The molecule has 0 amide bonds. The molecule has 0 saturated carbocycles. The molecular formula is C7H13NO. The molecule has 0 saturated heterocycles. The average Bonchev–Trinajstić information content (AvgIpc) is 1.83. The minimum absolute atomic E-state index is 0.0929. The smallest absolute Gasteiger partial charge is 0.109 e. The summed E-state index contributed by atoms with van der Waals surface area (Å²) in [5.41, 5.74) is 0. The summed E-state index contributed by atoms with van der Waals surface area (Å²) in [5, 5.41) is 8.59.